The number of hydrogen-bond acceptors (Lipinski definition) is 3. The summed E-state index contributed by atoms with van der Waals surface area (Å²) in [5, 5.41) is 3.21. The van der Waals surface area contributed by atoms with Crippen LogP contribution in [-0.2, 0) is 11.8 Å². The maximum atomic E-state index is 11.8. The number of hydrogen-bond donors (Lipinski definition) is 2. The summed E-state index contributed by atoms with van der Waals surface area (Å²) in [6.45, 7) is 3.08. The van der Waals surface area contributed by atoms with Crippen LogP contribution >= 0.6 is 0 Å². The molecule has 0 aromatic carbocycles. The van der Waals surface area contributed by atoms with Crippen LogP contribution in [0.25, 0.3) is 0 Å². The van der Waals surface area contributed by atoms with Gasteiger partial charge in [-0.2, -0.15) is 0 Å². The van der Waals surface area contributed by atoms with Crippen molar-refractivity contribution < 1.29 is 0 Å². The van der Waals surface area contributed by atoms with E-state index >= 15 is 0 Å². The number of fused-ring (bicyclic) bond motifs is 1. The summed E-state index contributed by atoms with van der Waals surface area (Å²) in [6, 6.07) is 0. The minimum absolute atomic E-state index is 0.0512. The number of H-pyrrole nitrogens is 1. The van der Waals surface area contributed by atoms with Crippen LogP contribution in [0.2, 0.25) is 0 Å². The van der Waals surface area contributed by atoms with E-state index < -0.39 is 0 Å². The van der Waals surface area contributed by atoms with Gasteiger partial charge in [0.2, 0.25) is 0 Å². The predicted octanol–water partition coefficient (Wildman–Crippen LogP) is 1.18. The standard InChI is InChI=1S/C11H15N3O/c1-11(4-5-11)10-13-8-7(9(15)14-10)3-2-6-12-8/h2-6H2,1H3,(H2,12,13,14,15). The first-order valence-corrected chi connectivity index (χ1v) is 5.57. The third-order valence-corrected chi connectivity index (χ3v) is 3.48. The van der Waals surface area contributed by atoms with Gasteiger partial charge in [-0.25, -0.2) is 4.98 Å². The fourth-order valence-corrected chi connectivity index (χ4v) is 2.06. The van der Waals surface area contributed by atoms with Crippen molar-refractivity contribution in [2.75, 3.05) is 11.9 Å². The van der Waals surface area contributed by atoms with Gasteiger partial charge in [0.25, 0.3) is 5.56 Å². The Hall–Kier alpha value is -1.32. The normalized spacial score (nSPS) is 21.7. The zero-order valence-corrected chi connectivity index (χ0v) is 8.89. The Morgan fingerprint density at radius 1 is 1.40 bits per heavy atom. The lowest BCUT2D eigenvalue weighted by molar-refractivity contribution is 0.687. The second-order valence-electron chi connectivity index (χ2n) is 4.83. The van der Waals surface area contributed by atoms with Crippen LogP contribution in [0.3, 0.4) is 0 Å². The summed E-state index contributed by atoms with van der Waals surface area (Å²) < 4.78 is 0. The average molecular weight is 205 g/mol. The van der Waals surface area contributed by atoms with Gasteiger partial charge < -0.3 is 10.3 Å². The Balaban J connectivity index is 2.13. The van der Waals surface area contributed by atoms with Crippen LogP contribution in [0.5, 0.6) is 0 Å². The van der Waals surface area contributed by atoms with E-state index in [2.05, 4.69) is 22.2 Å². The summed E-state index contributed by atoms with van der Waals surface area (Å²) in [5.74, 6) is 1.67. The van der Waals surface area contributed by atoms with Gasteiger partial charge in [0, 0.05) is 12.0 Å². The number of anilines is 1. The highest BCUT2D eigenvalue weighted by Gasteiger charge is 2.42. The molecule has 4 nitrogen and oxygen atoms in total. The number of nitrogens with zero attached hydrogens (tertiary/aromatic N) is 1. The van der Waals surface area contributed by atoms with Gasteiger partial charge in [-0.1, -0.05) is 6.92 Å². The number of aromatic nitrogens is 2. The van der Waals surface area contributed by atoms with Crippen molar-refractivity contribution in [3.05, 3.63) is 21.7 Å². The Morgan fingerprint density at radius 3 is 2.93 bits per heavy atom. The van der Waals surface area contributed by atoms with Crippen LogP contribution in [0.15, 0.2) is 4.79 Å². The number of rotatable bonds is 1. The molecule has 2 N–H and O–H groups in total. The van der Waals surface area contributed by atoms with Gasteiger partial charge in [0.15, 0.2) is 0 Å². The van der Waals surface area contributed by atoms with Gasteiger partial charge >= 0.3 is 0 Å². The van der Waals surface area contributed by atoms with Crippen LogP contribution in [-0.4, -0.2) is 16.5 Å². The predicted molar refractivity (Wildman–Crippen MR) is 58.3 cm³/mol. The van der Waals surface area contributed by atoms with Crippen LogP contribution in [0.4, 0.5) is 5.82 Å². The van der Waals surface area contributed by atoms with E-state index in [4.69, 9.17) is 0 Å². The number of nitrogens with one attached hydrogen (secondary N) is 2. The van der Waals surface area contributed by atoms with Gasteiger partial charge in [0.1, 0.15) is 11.6 Å². The molecule has 1 fully saturated rings. The quantitative estimate of drug-likeness (QED) is 0.723. The van der Waals surface area contributed by atoms with E-state index in [1.807, 2.05) is 0 Å². The van der Waals surface area contributed by atoms with E-state index in [1.165, 1.54) is 0 Å². The molecule has 0 amide bonds. The zero-order valence-electron chi connectivity index (χ0n) is 8.89. The van der Waals surface area contributed by atoms with Crippen LogP contribution in [0, 0.1) is 0 Å². The highest BCUT2D eigenvalue weighted by atomic mass is 16.1. The van der Waals surface area contributed by atoms with E-state index in [-0.39, 0.29) is 11.0 Å². The third-order valence-electron chi connectivity index (χ3n) is 3.48. The molecule has 80 valence electrons. The molecule has 2 heterocycles. The smallest absolute Gasteiger partial charge is 0.256 e. The molecule has 15 heavy (non-hydrogen) atoms. The molecule has 2 aliphatic rings. The van der Waals surface area contributed by atoms with Crippen molar-refractivity contribution >= 4 is 5.82 Å². The highest BCUT2D eigenvalue weighted by molar-refractivity contribution is 5.46. The molecule has 1 aromatic rings. The average Bonchev–Trinajstić information content (AvgIpc) is 2.98. The van der Waals surface area contributed by atoms with Crippen molar-refractivity contribution in [2.45, 2.75) is 38.0 Å². The highest BCUT2D eigenvalue weighted by Crippen LogP contribution is 2.45. The molecule has 1 aliphatic heterocycles. The zero-order chi connectivity index (χ0) is 10.5. The van der Waals surface area contributed by atoms with Gasteiger partial charge in [0.05, 0.1) is 5.56 Å². The molecule has 0 radical (unpaired) electrons. The first kappa shape index (κ1) is 8.95. The topological polar surface area (TPSA) is 57.8 Å². The van der Waals surface area contributed by atoms with Crippen molar-refractivity contribution in [1.82, 2.24) is 9.97 Å². The van der Waals surface area contributed by atoms with Gasteiger partial charge in [-0.05, 0) is 25.7 Å². The molecule has 4 heteroatoms. The SMILES string of the molecule is CC1(c2nc3c(c(=O)[nH]2)CCCN3)CC1. The molecule has 0 spiro atoms. The maximum absolute atomic E-state index is 11.8. The van der Waals surface area contributed by atoms with Crippen LogP contribution in [0.1, 0.15) is 37.6 Å². The van der Waals surface area contributed by atoms with Crippen molar-refractivity contribution in [2.24, 2.45) is 0 Å². The molecule has 0 atom stereocenters. The molecule has 0 bridgehead atoms. The minimum atomic E-state index is 0.0512. The fraction of sp³-hybridized carbons (Fsp3) is 0.636. The van der Waals surface area contributed by atoms with E-state index in [0.717, 1.165) is 49.4 Å². The number of aromatic amines is 1. The first-order valence-electron chi connectivity index (χ1n) is 5.57. The Labute approximate surface area is 88.1 Å². The summed E-state index contributed by atoms with van der Waals surface area (Å²) in [5.41, 5.74) is 1.01. The van der Waals surface area contributed by atoms with E-state index in [0.29, 0.717) is 0 Å². The molecule has 0 saturated heterocycles. The monoisotopic (exact) mass is 205 g/mol. The van der Waals surface area contributed by atoms with Crippen molar-refractivity contribution in [3.63, 3.8) is 0 Å². The summed E-state index contributed by atoms with van der Waals surface area (Å²) >= 11 is 0. The van der Waals surface area contributed by atoms with Gasteiger partial charge in [-0.3, -0.25) is 4.79 Å². The third kappa shape index (κ3) is 1.35. The largest absolute Gasteiger partial charge is 0.370 e. The van der Waals surface area contributed by atoms with Crippen molar-refractivity contribution in [1.29, 1.82) is 0 Å². The lowest BCUT2D eigenvalue weighted by atomic mass is 10.1. The second kappa shape index (κ2) is 2.84. The molecular formula is C11H15N3O. The summed E-state index contributed by atoms with van der Waals surface area (Å²) in [6.07, 6.45) is 4.14. The Bertz CT molecular complexity index is 459. The molecule has 3 rings (SSSR count). The Kier molecular flexibility index (Phi) is 1.69. The summed E-state index contributed by atoms with van der Waals surface area (Å²) in [7, 11) is 0. The molecule has 1 saturated carbocycles. The second-order valence-corrected chi connectivity index (χ2v) is 4.83. The molecule has 1 aliphatic carbocycles. The van der Waals surface area contributed by atoms with Gasteiger partial charge in [-0.15, -0.1) is 0 Å². The van der Waals surface area contributed by atoms with E-state index in [9.17, 15) is 4.79 Å². The maximum Gasteiger partial charge on any atom is 0.256 e. The summed E-state index contributed by atoms with van der Waals surface area (Å²) in [4.78, 5) is 19.3. The first-order chi connectivity index (χ1) is 7.19. The fourth-order valence-electron chi connectivity index (χ4n) is 2.06. The Morgan fingerprint density at radius 2 is 2.20 bits per heavy atom. The lowest BCUT2D eigenvalue weighted by Crippen LogP contribution is -2.26. The van der Waals surface area contributed by atoms with E-state index in [1.54, 1.807) is 0 Å². The van der Waals surface area contributed by atoms with Crippen molar-refractivity contribution in [3.8, 4) is 0 Å². The van der Waals surface area contributed by atoms with Crippen LogP contribution < -0.4 is 10.9 Å². The lowest BCUT2D eigenvalue weighted by Gasteiger charge is -2.18. The molecule has 1 aromatic heterocycles. The molecular weight excluding hydrogens is 190 g/mol. The minimum Gasteiger partial charge on any atom is -0.370 e. The molecule has 0 unspecified atom stereocenters.